The quantitative estimate of drug-likeness (QED) is 0.767. The van der Waals surface area contributed by atoms with Crippen LogP contribution in [0.25, 0.3) is 11.1 Å². The summed E-state index contributed by atoms with van der Waals surface area (Å²) in [5, 5.41) is 16.1. The summed E-state index contributed by atoms with van der Waals surface area (Å²) in [5.74, 6) is 0.783. The van der Waals surface area contributed by atoms with Crippen LogP contribution >= 0.6 is 0 Å². The summed E-state index contributed by atoms with van der Waals surface area (Å²) in [6, 6.07) is 15.9. The first-order valence-corrected chi connectivity index (χ1v) is 11.4. The Kier molecular flexibility index (Phi) is 5.22. The molecule has 0 radical (unpaired) electrons. The minimum Gasteiger partial charge on any atom is -0.338 e. The van der Waals surface area contributed by atoms with E-state index in [4.69, 9.17) is 0 Å². The molecule has 0 spiro atoms. The topological polar surface area (TPSA) is 85.2 Å². The van der Waals surface area contributed by atoms with Crippen molar-refractivity contribution < 1.29 is 9.59 Å². The molecule has 1 saturated carbocycles. The molecule has 4 aliphatic rings. The second kappa shape index (κ2) is 8.07. The number of anilines is 1. The lowest BCUT2D eigenvalue weighted by Gasteiger charge is -2.46. The Morgan fingerprint density at radius 3 is 2.59 bits per heavy atom. The molecule has 6 rings (SSSR count). The zero-order chi connectivity index (χ0) is 22.3. The standard InChI is InChI=1S/C26H28N4O2/c1-30-23-13-20(6-7-21(23)14-24(30)31)19-4-2-17(3-5-19)12-22(15-27)29-25(32)26-10-8-18(9-11-26)16-28-26/h2-7,13,18,22,28H,8-12,14,16H2,1H3,(H,29,32)/t18?,22-,26?/m0/s1. The van der Waals surface area contributed by atoms with Gasteiger partial charge in [-0.2, -0.15) is 5.26 Å². The van der Waals surface area contributed by atoms with Gasteiger partial charge in [0.05, 0.1) is 18.0 Å². The van der Waals surface area contributed by atoms with Crippen LogP contribution in [0.4, 0.5) is 5.69 Å². The van der Waals surface area contributed by atoms with Crippen LogP contribution in [0.3, 0.4) is 0 Å². The maximum atomic E-state index is 13.0. The number of benzene rings is 2. The maximum absolute atomic E-state index is 13.0. The summed E-state index contributed by atoms with van der Waals surface area (Å²) in [5.41, 5.74) is 4.66. The van der Waals surface area contributed by atoms with Gasteiger partial charge in [0, 0.05) is 19.2 Å². The molecule has 164 valence electrons. The van der Waals surface area contributed by atoms with Crippen molar-refractivity contribution in [2.24, 2.45) is 5.92 Å². The molecule has 0 unspecified atom stereocenters. The summed E-state index contributed by atoms with van der Waals surface area (Å²) in [7, 11) is 1.81. The Morgan fingerprint density at radius 2 is 1.94 bits per heavy atom. The fraction of sp³-hybridized carbons (Fsp3) is 0.423. The molecule has 0 aromatic heterocycles. The second-order valence-electron chi connectivity index (χ2n) is 9.44. The molecule has 3 aliphatic heterocycles. The zero-order valence-corrected chi connectivity index (χ0v) is 18.4. The van der Waals surface area contributed by atoms with E-state index in [-0.39, 0.29) is 11.8 Å². The third-order valence-electron chi connectivity index (χ3n) is 7.47. The van der Waals surface area contributed by atoms with E-state index in [0.717, 1.165) is 60.2 Å². The fourth-order valence-electron chi connectivity index (χ4n) is 5.31. The Hall–Kier alpha value is -3.17. The molecule has 2 aromatic rings. The predicted molar refractivity (Wildman–Crippen MR) is 123 cm³/mol. The van der Waals surface area contributed by atoms with E-state index >= 15 is 0 Å². The van der Waals surface area contributed by atoms with Crippen LogP contribution in [-0.2, 0) is 22.4 Å². The molecule has 2 bridgehead atoms. The molecule has 3 heterocycles. The maximum Gasteiger partial charge on any atom is 0.241 e. The van der Waals surface area contributed by atoms with E-state index in [1.54, 1.807) is 4.90 Å². The van der Waals surface area contributed by atoms with Crippen molar-refractivity contribution in [1.29, 1.82) is 5.26 Å². The van der Waals surface area contributed by atoms with Gasteiger partial charge in [0.2, 0.25) is 11.8 Å². The lowest BCUT2D eigenvalue weighted by atomic mass is 9.71. The highest BCUT2D eigenvalue weighted by Gasteiger charge is 2.46. The Morgan fingerprint density at radius 1 is 1.22 bits per heavy atom. The molecule has 6 nitrogen and oxygen atoms in total. The highest BCUT2D eigenvalue weighted by molar-refractivity contribution is 6.01. The Bertz CT molecular complexity index is 1080. The Labute approximate surface area is 188 Å². The lowest BCUT2D eigenvalue weighted by molar-refractivity contribution is -0.131. The number of fused-ring (bicyclic) bond motifs is 4. The van der Waals surface area contributed by atoms with Gasteiger partial charge >= 0.3 is 0 Å². The van der Waals surface area contributed by atoms with Crippen LogP contribution < -0.4 is 15.5 Å². The first-order chi connectivity index (χ1) is 15.5. The van der Waals surface area contributed by atoms with Gasteiger partial charge in [-0.1, -0.05) is 36.4 Å². The molecule has 32 heavy (non-hydrogen) atoms. The number of piperidine rings is 2. The van der Waals surface area contributed by atoms with Gasteiger partial charge in [-0.15, -0.1) is 0 Å². The van der Waals surface area contributed by atoms with Crippen LogP contribution in [0.2, 0.25) is 0 Å². The number of nitrogens with one attached hydrogen (secondary N) is 2. The molecule has 2 amide bonds. The van der Waals surface area contributed by atoms with Crippen LogP contribution in [0.15, 0.2) is 42.5 Å². The number of carbonyl (C=O) groups is 2. The number of likely N-dealkylation sites (N-methyl/N-ethyl adjacent to an activating group) is 1. The summed E-state index contributed by atoms with van der Waals surface area (Å²) in [4.78, 5) is 26.6. The van der Waals surface area contributed by atoms with E-state index in [0.29, 0.717) is 18.8 Å². The molecular weight excluding hydrogens is 400 g/mol. The van der Waals surface area contributed by atoms with Gasteiger partial charge in [-0.05, 0) is 66.5 Å². The van der Waals surface area contributed by atoms with Crippen LogP contribution in [-0.4, -0.2) is 37.0 Å². The predicted octanol–water partition coefficient (Wildman–Crippen LogP) is 2.96. The molecule has 6 heteroatoms. The number of rotatable bonds is 5. The van der Waals surface area contributed by atoms with Gasteiger partial charge < -0.3 is 15.5 Å². The largest absolute Gasteiger partial charge is 0.338 e. The van der Waals surface area contributed by atoms with Crippen LogP contribution in [0.5, 0.6) is 0 Å². The molecule has 2 saturated heterocycles. The third-order valence-corrected chi connectivity index (χ3v) is 7.47. The summed E-state index contributed by atoms with van der Waals surface area (Å²) in [6.45, 7) is 0.902. The minimum absolute atomic E-state index is 0.0318. The Balaban J connectivity index is 1.26. The monoisotopic (exact) mass is 428 g/mol. The van der Waals surface area contributed by atoms with Crippen LogP contribution in [0, 0.1) is 17.2 Å². The average molecular weight is 429 g/mol. The minimum atomic E-state index is -0.552. The third kappa shape index (κ3) is 3.67. The molecule has 1 atom stereocenters. The van der Waals surface area contributed by atoms with Crippen molar-refractivity contribution in [3.05, 3.63) is 53.6 Å². The molecular formula is C26H28N4O2. The van der Waals surface area contributed by atoms with Crippen molar-refractivity contribution in [3.63, 3.8) is 0 Å². The number of carbonyl (C=O) groups excluding carboxylic acids is 2. The van der Waals surface area contributed by atoms with Crippen molar-refractivity contribution in [3.8, 4) is 17.2 Å². The molecule has 1 aliphatic carbocycles. The van der Waals surface area contributed by atoms with Crippen molar-refractivity contribution in [1.82, 2.24) is 10.6 Å². The lowest BCUT2D eigenvalue weighted by Crippen LogP contribution is -2.64. The average Bonchev–Trinajstić information content (AvgIpc) is 3.13. The van der Waals surface area contributed by atoms with Gasteiger partial charge in [0.1, 0.15) is 6.04 Å². The van der Waals surface area contributed by atoms with Gasteiger partial charge in [0.15, 0.2) is 0 Å². The number of hydrogen-bond acceptors (Lipinski definition) is 4. The first kappa shape index (κ1) is 20.7. The van der Waals surface area contributed by atoms with Gasteiger partial charge in [-0.3, -0.25) is 9.59 Å². The summed E-state index contributed by atoms with van der Waals surface area (Å²) in [6.07, 6.45) is 4.83. The van der Waals surface area contributed by atoms with Crippen LogP contribution in [0.1, 0.15) is 36.8 Å². The number of nitriles is 1. The number of amides is 2. The van der Waals surface area contributed by atoms with E-state index < -0.39 is 11.6 Å². The SMILES string of the molecule is CN1C(=O)Cc2ccc(-c3ccc(C[C@@H](C#N)NC(=O)C45CCC(CC4)CN5)cc3)cc21. The highest BCUT2D eigenvalue weighted by Crippen LogP contribution is 2.37. The summed E-state index contributed by atoms with van der Waals surface area (Å²) >= 11 is 0. The number of hydrogen-bond donors (Lipinski definition) is 2. The van der Waals surface area contributed by atoms with Crippen molar-refractivity contribution in [2.75, 3.05) is 18.5 Å². The fourth-order valence-corrected chi connectivity index (χ4v) is 5.31. The van der Waals surface area contributed by atoms with E-state index in [1.165, 1.54) is 0 Å². The van der Waals surface area contributed by atoms with E-state index in [2.05, 4.69) is 22.8 Å². The molecule has 3 fully saturated rings. The zero-order valence-electron chi connectivity index (χ0n) is 18.4. The molecule has 2 aromatic carbocycles. The number of nitrogens with zero attached hydrogens (tertiary/aromatic N) is 2. The van der Waals surface area contributed by atoms with Crippen molar-refractivity contribution in [2.45, 2.75) is 50.1 Å². The van der Waals surface area contributed by atoms with E-state index in [9.17, 15) is 14.9 Å². The van der Waals surface area contributed by atoms with Gasteiger partial charge in [0.25, 0.3) is 0 Å². The highest BCUT2D eigenvalue weighted by atomic mass is 16.2. The first-order valence-electron chi connectivity index (χ1n) is 11.4. The van der Waals surface area contributed by atoms with Gasteiger partial charge in [-0.25, -0.2) is 0 Å². The van der Waals surface area contributed by atoms with E-state index in [1.807, 2.05) is 43.4 Å². The normalized spacial score (nSPS) is 24.7. The summed E-state index contributed by atoms with van der Waals surface area (Å²) < 4.78 is 0. The second-order valence-corrected chi connectivity index (χ2v) is 9.44. The molecule has 2 N–H and O–H groups in total. The smallest absolute Gasteiger partial charge is 0.241 e. The van der Waals surface area contributed by atoms with Crippen molar-refractivity contribution >= 4 is 17.5 Å².